The minimum absolute atomic E-state index is 0.511. The average Bonchev–Trinajstić information content (AvgIpc) is 2.76. The van der Waals surface area contributed by atoms with Gasteiger partial charge in [-0.25, -0.2) is 0 Å². The lowest BCUT2D eigenvalue weighted by molar-refractivity contribution is 0.252. The Morgan fingerprint density at radius 3 is 2.72 bits per heavy atom. The molecule has 1 heterocycles. The highest BCUT2D eigenvalue weighted by Gasteiger charge is 2.34. The lowest BCUT2D eigenvalue weighted by Crippen LogP contribution is -2.28. The quantitative estimate of drug-likeness (QED) is 0.840. The van der Waals surface area contributed by atoms with Crippen LogP contribution in [-0.2, 0) is 0 Å². The fourth-order valence-corrected chi connectivity index (χ4v) is 3.64. The SMILES string of the molecule is CC(C)CC1(CNc2ccncc2Br)CCCC1. The van der Waals surface area contributed by atoms with Gasteiger partial charge in [0.1, 0.15) is 0 Å². The van der Waals surface area contributed by atoms with Crippen LogP contribution in [0.25, 0.3) is 0 Å². The van der Waals surface area contributed by atoms with Crippen molar-refractivity contribution in [1.29, 1.82) is 0 Å². The number of pyridine rings is 1. The van der Waals surface area contributed by atoms with E-state index in [4.69, 9.17) is 0 Å². The van der Waals surface area contributed by atoms with E-state index in [2.05, 4.69) is 40.1 Å². The lowest BCUT2D eigenvalue weighted by atomic mass is 9.78. The van der Waals surface area contributed by atoms with E-state index >= 15 is 0 Å². The van der Waals surface area contributed by atoms with Crippen LogP contribution in [0.1, 0.15) is 46.0 Å². The first-order chi connectivity index (χ1) is 8.61. The molecule has 18 heavy (non-hydrogen) atoms. The smallest absolute Gasteiger partial charge is 0.0590 e. The van der Waals surface area contributed by atoms with Gasteiger partial charge < -0.3 is 5.32 Å². The molecule has 0 spiro atoms. The van der Waals surface area contributed by atoms with Crippen LogP contribution < -0.4 is 5.32 Å². The normalized spacial score (nSPS) is 18.2. The average molecular weight is 311 g/mol. The molecule has 2 rings (SSSR count). The van der Waals surface area contributed by atoms with Crippen LogP contribution in [-0.4, -0.2) is 11.5 Å². The molecule has 3 heteroatoms. The third kappa shape index (κ3) is 3.47. The summed E-state index contributed by atoms with van der Waals surface area (Å²) in [6, 6.07) is 2.04. The van der Waals surface area contributed by atoms with Crippen LogP contribution in [0.4, 0.5) is 5.69 Å². The molecule has 1 aliphatic rings. The van der Waals surface area contributed by atoms with Crippen LogP contribution in [0.2, 0.25) is 0 Å². The first-order valence-corrected chi connectivity index (χ1v) is 7.74. The Hall–Kier alpha value is -0.570. The van der Waals surface area contributed by atoms with Crippen molar-refractivity contribution in [2.24, 2.45) is 11.3 Å². The summed E-state index contributed by atoms with van der Waals surface area (Å²) in [6.07, 6.45) is 10.6. The minimum Gasteiger partial charge on any atom is -0.383 e. The Balaban J connectivity index is 2.00. The molecule has 100 valence electrons. The summed E-state index contributed by atoms with van der Waals surface area (Å²) < 4.78 is 1.06. The standard InChI is InChI=1S/C15H23BrN2/c1-12(2)9-15(6-3-4-7-15)11-18-14-5-8-17-10-13(14)16/h5,8,10,12H,3-4,6-7,9,11H2,1-2H3,(H,17,18). The van der Waals surface area contributed by atoms with E-state index in [9.17, 15) is 0 Å². The summed E-state index contributed by atoms with van der Waals surface area (Å²) in [4.78, 5) is 4.10. The second-order valence-electron chi connectivity index (χ2n) is 6.01. The Bertz CT molecular complexity index is 384. The fraction of sp³-hybridized carbons (Fsp3) is 0.667. The van der Waals surface area contributed by atoms with Gasteiger partial charge in [-0.05, 0) is 52.6 Å². The molecule has 0 radical (unpaired) electrons. The monoisotopic (exact) mass is 310 g/mol. The van der Waals surface area contributed by atoms with E-state index in [0.717, 1.165) is 16.9 Å². The third-order valence-electron chi connectivity index (χ3n) is 3.93. The number of hydrogen-bond acceptors (Lipinski definition) is 2. The Morgan fingerprint density at radius 2 is 2.11 bits per heavy atom. The van der Waals surface area contributed by atoms with Gasteiger partial charge in [0.05, 0.1) is 10.2 Å². The highest BCUT2D eigenvalue weighted by molar-refractivity contribution is 9.10. The zero-order chi connectivity index (χ0) is 13.0. The summed E-state index contributed by atoms with van der Waals surface area (Å²) in [5, 5.41) is 3.61. The lowest BCUT2D eigenvalue weighted by Gasteiger charge is -2.31. The van der Waals surface area contributed by atoms with Crippen LogP contribution in [0.15, 0.2) is 22.9 Å². The van der Waals surface area contributed by atoms with E-state index in [1.807, 2.05) is 18.5 Å². The largest absolute Gasteiger partial charge is 0.383 e. The summed E-state index contributed by atoms with van der Waals surface area (Å²) >= 11 is 3.55. The highest BCUT2D eigenvalue weighted by atomic mass is 79.9. The molecule has 1 aromatic heterocycles. The van der Waals surface area contributed by atoms with E-state index in [1.54, 1.807) is 0 Å². The maximum absolute atomic E-state index is 4.10. The van der Waals surface area contributed by atoms with Gasteiger partial charge in [0.25, 0.3) is 0 Å². The molecule has 1 fully saturated rings. The van der Waals surface area contributed by atoms with Crippen molar-refractivity contribution in [3.05, 3.63) is 22.9 Å². The second-order valence-corrected chi connectivity index (χ2v) is 6.87. The number of aromatic nitrogens is 1. The predicted molar refractivity (Wildman–Crippen MR) is 80.8 cm³/mol. The van der Waals surface area contributed by atoms with Crippen molar-refractivity contribution >= 4 is 21.6 Å². The second kappa shape index (κ2) is 6.05. The van der Waals surface area contributed by atoms with Crippen molar-refractivity contribution in [2.45, 2.75) is 46.0 Å². The minimum atomic E-state index is 0.511. The van der Waals surface area contributed by atoms with Crippen molar-refractivity contribution in [3.63, 3.8) is 0 Å². The van der Waals surface area contributed by atoms with Crippen LogP contribution in [0, 0.1) is 11.3 Å². The number of halogens is 1. The van der Waals surface area contributed by atoms with Crippen LogP contribution in [0.5, 0.6) is 0 Å². The summed E-state index contributed by atoms with van der Waals surface area (Å²) in [6.45, 7) is 5.76. The van der Waals surface area contributed by atoms with Gasteiger partial charge in [0, 0.05) is 18.9 Å². The van der Waals surface area contributed by atoms with Crippen molar-refractivity contribution < 1.29 is 0 Å². The Morgan fingerprint density at radius 1 is 1.39 bits per heavy atom. The number of hydrogen-bond donors (Lipinski definition) is 1. The van der Waals surface area contributed by atoms with Gasteiger partial charge >= 0.3 is 0 Å². The zero-order valence-corrected chi connectivity index (χ0v) is 13.0. The first-order valence-electron chi connectivity index (χ1n) is 6.95. The highest BCUT2D eigenvalue weighted by Crippen LogP contribution is 2.43. The molecule has 1 aliphatic carbocycles. The molecule has 0 amide bonds. The molecule has 0 unspecified atom stereocenters. The fourth-order valence-electron chi connectivity index (χ4n) is 3.25. The molecule has 1 N–H and O–H groups in total. The predicted octanol–water partition coefficient (Wildman–Crippen LogP) is 4.86. The molecular formula is C15H23BrN2. The van der Waals surface area contributed by atoms with E-state index in [1.165, 1.54) is 37.8 Å². The molecule has 0 atom stereocenters. The maximum Gasteiger partial charge on any atom is 0.0590 e. The zero-order valence-electron chi connectivity index (χ0n) is 11.4. The van der Waals surface area contributed by atoms with E-state index < -0.39 is 0 Å². The van der Waals surface area contributed by atoms with E-state index in [0.29, 0.717) is 5.41 Å². The summed E-state index contributed by atoms with van der Waals surface area (Å²) in [5.74, 6) is 0.783. The van der Waals surface area contributed by atoms with Crippen molar-refractivity contribution in [2.75, 3.05) is 11.9 Å². The van der Waals surface area contributed by atoms with Gasteiger partial charge in [-0.3, -0.25) is 4.98 Å². The van der Waals surface area contributed by atoms with Gasteiger partial charge in [0.2, 0.25) is 0 Å². The number of nitrogens with one attached hydrogen (secondary N) is 1. The molecule has 2 nitrogen and oxygen atoms in total. The maximum atomic E-state index is 4.10. The van der Waals surface area contributed by atoms with E-state index in [-0.39, 0.29) is 0 Å². The van der Waals surface area contributed by atoms with Gasteiger partial charge in [-0.15, -0.1) is 0 Å². The molecule has 1 saturated carbocycles. The summed E-state index contributed by atoms with van der Waals surface area (Å²) in [5.41, 5.74) is 1.68. The molecule has 0 saturated heterocycles. The third-order valence-corrected chi connectivity index (χ3v) is 4.56. The van der Waals surface area contributed by atoms with Gasteiger partial charge in [0.15, 0.2) is 0 Å². The number of anilines is 1. The molecule has 0 aromatic carbocycles. The molecular weight excluding hydrogens is 288 g/mol. The molecule has 1 aromatic rings. The van der Waals surface area contributed by atoms with Gasteiger partial charge in [-0.2, -0.15) is 0 Å². The number of nitrogens with zero attached hydrogens (tertiary/aromatic N) is 1. The van der Waals surface area contributed by atoms with Crippen LogP contribution >= 0.6 is 15.9 Å². The van der Waals surface area contributed by atoms with Gasteiger partial charge in [-0.1, -0.05) is 26.7 Å². The summed E-state index contributed by atoms with van der Waals surface area (Å²) in [7, 11) is 0. The molecule has 0 bridgehead atoms. The van der Waals surface area contributed by atoms with Crippen molar-refractivity contribution in [1.82, 2.24) is 4.98 Å². The van der Waals surface area contributed by atoms with Crippen LogP contribution in [0.3, 0.4) is 0 Å². The topological polar surface area (TPSA) is 24.9 Å². The molecule has 0 aliphatic heterocycles. The number of rotatable bonds is 5. The van der Waals surface area contributed by atoms with Crippen molar-refractivity contribution in [3.8, 4) is 0 Å². The Labute approximate surface area is 119 Å². The Kier molecular flexibility index (Phi) is 4.66. The first kappa shape index (κ1) is 13.9.